The van der Waals surface area contributed by atoms with E-state index in [0.29, 0.717) is 5.96 Å². The molecule has 1 aromatic carbocycles. The predicted molar refractivity (Wildman–Crippen MR) is 102 cm³/mol. The van der Waals surface area contributed by atoms with E-state index in [1.807, 2.05) is 12.1 Å². The smallest absolute Gasteiger partial charge is 0.235 e. The monoisotopic (exact) mass is 354 g/mol. The maximum atomic E-state index is 12.1. The number of nitrogens with zero attached hydrogens (tertiary/aromatic N) is 3. The fourth-order valence-electron chi connectivity index (χ4n) is 4.04. The van der Waals surface area contributed by atoms with Crippen LogP contribution in [0.5, 0.6) is 5.75 Å². The predicted octanol–water partition coefficient (Wildman–Crippen LogP) is 2.39. The topological polar surface area (TPSA) is 66.3 Å². The van der Waals surface area contributed by atoms with Crippen molar-refractivity contribution in [3.05, 3.63) is 29.8 Å². The van der Waals surface area contributed by atoms with Crippen LogP contribution < -0.4 is 10.1 Å². The zero-order valence-electron chi connectivity index (χ0n) is 15.3. The number of methoxy groups -OCH3 is 1. The molecule has 0 spiro atoms. The van der Waals surface area contributed by atoms with Crippen LogP contribution in [0.1, 0.15) is 37.7 Å². The summed E-state index contributed by atoms with van der Waals surface area (Å²) in [5, 5.41) is 2.90. The van der Waals surface area contributed by atoms with Crippen LogP contribution in [0, 0.1) is 5.92 Å². The standard InChI is InChI=1S/C20H26N4O2/c1-26-16-7-5-14(6-8-16)13-24-11-9-15(10-12-24)21-20-22-18-4-2-3-17(18)19(25)23-20/h5-8,15,17H,2-4,9-13H2,1H3,(H,21,23,25). The van der Waals surface area contributed by atoms with E-state index >= 15 is 0 Å². The zero-order chi connectivity index (χ0) is 17.9. The van der Waals surface area contributed by atoms with E-state index in [-0.39, 0.29) is 17.9 Å². The lowest BCUT2D eigenvalue weighted by atomic mass is 10.0. The van der Waals surface area contributed by atoms with Crippen molar-refractivity contribution in [2.75, 3.05) is 20.2 Å². The van der Waals surface area contributed by atoms with Gasteiger partial charge in [-0.1, -0.05) is 12.1 Å². The van der Waals surface area contributed by atoms with Crippen molar-refractivity contribution in [1.82, 2.24) is 10.2 Å². The number of nitrogens with one attached hydrogen (secondary N) is 1. The van der Waals surface area contributed by atoms with Gasteiger partial charge in [-0.25, -0.2) is 9.98 Å². The number of rotatable bonds is 4. The number of ether oxygens (including phenoxy) is 1. The van der Waals surface area contributed by atoms with E-state index in [9.17, 15) is 4.79 Å². The van der Waals surface area contributed by atoms with Crippen molar-refractivity contribution >= 4 is 17.6 Å². The second-order valence-electron chi connectivity index (χ2n) is 7.35. The van der Waals surface area contributed by atoms with Gasteiger partial charge < -0.3 is 4.74 Å². The number of amides is 1. The normalized spacial score (nSPS) is 25.7. The van der Waals surface area contributed by atoms with Gasteiger partial charge in [0, 0.05) is 25.3 Å². The molecule has 138 valence electrons. The Bertz CT molecular complexity index is 718. The van der Waals surface area contributed by atoms with Crippen LogP contribution in [-0.4, -0.2) is 48.7 Å². The van der Waals surface area contributed by atoms with Gasteiger partial charge in [0.1, 0.15) is 5.75 Å². The van der Waals surface area contributed by atoms with Gasteiger partial charge in [-0.3, -0.25) is 15.0 Å². The molecule has 1 atom stereocenters. The van der Waals surface area contributed by atoms with Crippen molar-refractivity contribution in [2.45, 2.75) is 44.7 Å². The molecular formula is C20H26N4O2. The fraction of sp³-hybridized carbons (Fsp3) is 0.550. The zero-order valence-corrected chi connectivity index (χ0v) is 15.3. The highest BCUT2D eigenvalue weighted by Gasteiger charge is 2.33. The number of carbonyl (C=O) groups excluding carboxylic acids is 1. The minimum Gasteiger partial charge on any atom is -0.497 e. The van der Waals surface area contributed by atoms with Crippen LogP contribution in [0.25, 0.3) is 0 Å². The van der Waals surface area contributed by atoms with Crippen LogP contribution in [0.2, 0.25) is 0 Å². The molecule has 0 aromatic heterocycles. The summed E-state index contributed by atoms with van der Waals surface area (Å²) >= 11 is 0. The number of guanidine groups is 1. The maximum absolute atomic E-state index is 12.1. The number of piperidine rings is 1. The maximum Gasteiger partial charge on any atom is 0.235 e. The molecular weight excluding hydrogens is 328 g/mol. The van der Waals surface area contributed by atoms with Crippen LogP contribution >= 0.6 is 0 Å². The van der Waals surface area contributed by atoms with Gasteiger partial charge in [0.05, 0.1) is 19.1 Å². The van der Waals surface area contributed by atoms with Crippen molar-refractivity contribution in [2.24, 2.45) is 15.9 Å². The summed E-state index contributed by atoms with van der Waals surface area (Å²) in [5.41, 5.74) is 2.33. The molecule has 1 saturated heterocycles. The number of hydrogen-bond donors (Lipinski definition) is 1. The summed E-state index contributed by atoms with van der Waals surface area (Å²) in [4.78, 5) is 23.9. The third kappa shape index (κ3) is 3.80. The lowest BCUT2D eigenvalue weighted by Crippen LogP contribution is -2.43. The Labute approximate surface area is 154 Å². The van der Waals surface area contributed by atoms with Gasteiger partial charge in [-0.2, -0.15) is 0 Å². The highest BCUT2D eigenvalue weighted by molar-refractivity contribution is 6.18. The molecule has 1 unspecified atom stereocenters. The molecule has 1 aliphatic carbocycles. The summed E-state index contributed by atoms with van der Waals surface area (Å²) in [6, 6.07) is 8.51. The molecule has 2 heterocycles. The van der Waals surface area contributed by atoms with E-state index in [1.165, 1.54) is 5.56 Å². The molecule has 3 aliphatic rings. The molecule has 26 heavy (non-hydrogen) atoms. The molecule has 6 heteroatoms. The van der Waals surface area contributed by atoms with E-state index in [0.717, 1.165) is 63.2 Å². The Balaban J connectivity index is 1.32. The van der Waals surface area contributed by atoms with Gasteiger partial charge in [0.15, 0.2) is 0 Å². The first-order chi connectivity index (χ1) is 12.7. The third-order valence-corrected chi connectivity index (χ3v) is 5.56. The second-order valence-corrected chi connectivity index (χ2v) is 7.35. The van der Waals surface area contributed by atoms with Crippen LogP contribution in [-0.2, 0) is 11.3 Å². The number of hydrogen-bond acceptors (Lipinski definition) is 4. The molecule has 1 aromatic rings. The highest BCUT2D eigenvalue weighted by atomic mass is 16.5. The quantitative estimate of drug-likeness (QED) is 0.903. The van der Waals surface area contributed by atoms with Gasteiger partial charge in [-0.05, 0) is 49.8 Å². The lowest BCUT2D eigenvalue weighted by Gasteiger charge is -2.30. The lowest BCUT2D eigenvalue weighted by molar-refractivity contribution is -0.121. The van der Waals surface area contributed by atoms with Crippen LogP contribution in [0.15, 0.2) is 34.3 Å². The van der Waals surface area contributed by atoms with Gasteiger partial charge >= 0.3 is 0 Å². The molecule has 1 saturated carbocycles. The minimum atomic E-state index is 0.000272. The largest absolute Gasteiger partial charge is 0.497 e. The minimum absolute atomic E-state index is 0.000272. The van der Waals surface area contributed by atoms with Crippen molar-refractivity contribution in [1.29, 1.82) is 0 Å². The number of aliphatic imine (C=N–C) groups is 2. The first kappa shape index (κ1) is 17.2. The molecule has 1 N–H and O–H groups in total. The summed E-state index contributed by atoms with van der Waals surface area (Å²) in [5.74, 6) is 1.52. The molecule has 1 amide bonds. The van der Waals surface area contributed by atoms with E-state index in [1.54, 1.807) is 7.11 Å². The van der Waals surface area contributed by atoms with E-state index in [4.69, 9.17) is 9.73 Å². The summed E-state index contributed by atoms with van der Waals surface area (Å²) in [6.07, 6.45) is 4.95. The fourth-order valence-corrected chi connectivity index (χ4v) is 4.04. The number of benzene rings is 1. The van der Waals surface area contributed by atoms with Gasteiger partial charge in [0.25, 0.3) is 0 Å². The Morgan fingerprint density at radius 1 is 1.23 bits per heavy atom. The molecule has 0 bridgehead atoms. The Morgan fingerprint density at radius 3 is 2.73 bits per heavy atom. The molecule has 0 radical (unpaired) electrons. The molecule has 2 fully saturated rings. The van der Waals surface area contributed by atoms with Crippen molar-refractivity contribution < 1.29 is 9.53 Å². The van der Waals surface area contributed by atoms with Crippen LogP contribution in [0.4, 0.5) is 0 Å². The summed E-state index contributed by atoms with van der Waals surface area (Å²) < 4.78 is 5.21. The Hall–Kier alpha value is -2.21. The average Bonchev–Trinajstić information content (AvgIpc) is 3.13. The molecule has 6 nitrogen and oxygen atoms in total. The first-order valence-corrected chi connectivity index (χ1v) is 9.52. The number of carbonyl (C=O) groups is 1. The molecule has 4 rings (SSSR count). The highest BCUT2D eigenvalue weighted by Crippen LogP contribution is 2.25. The second kappa shape index (κ2) is 7.58. The summed E-state index contributed by atoms with van der Waals surface area (Å²) in [6.45, 7) is 2.98. The third-order valence-electron chi connectivity index (χ3n) is 5.56. The number of fused-ring (bicyclic) bond motifs is 1. The van der Waals surface area contributed by atoms with E-state index < -0.39 is 0 Å². The molecule has 2 aliphatic heterocycles. The van der Waals surface area contributed by atoms with Crippen LogP contribution in [0.3, 0.4) is 0 Å². The van der Waals surface area contributed by atoms with Crippen molar-refractivity contribution in [3.63, 3.8) is 0 Å². The van der Waals surface area contributed by atoms with Crippen molar-refractivity contribution in [3.8, 4) is 5.75 Å². The van der Waals surface area contributed by atoms with E-state index in [2.05, 4.69) is 27.3 Å². The SMILES string of the molecule is COc1ccc(CN2CCC(N=C3N=C4CCCC4C(=O)N3)CC2)cc1. The Morgan fingerprint density at radius 2 is 2.00 bits per heavy atom. The Kier molecular flexibility index (Phi) is 5.02. The summed E-state index contributed by atoms with van der Waals surface area (Å²) in [7, 11) is 1.69. The number of likely N-dealkylation sites (tertiary alicyclic amines) is 1. The van der Waals surface area contributed by atoms with Gasteiger partial charge in [0.2, 0.25) is 11.9 Å². The van der Waals surface area contributed by atoms with Gasteiger partial charge in [-0.15, -0.1) is 0 Å². The first-order valence-electron chi connectivity index (χ1n) is 9.52. The average molecular weight is 354 g/mol.